The largest absolute Gasteiger partial charge is 0.338 e. The second-order valence-electron chi connectivity index (χ2n) is 5.17. The molecule has 0 aromatic carbocycles. The average molecular weight is 331 g/mol. The van der Waals surface area contributed by atoms with Gasteiger partial charge in [-0.05, 0) is 12.8 Å². The second-order valence-corrected chi connectivity index (χ2v) is 7.15. The Kier molecular flexibility index (Phi) is 5.66. The number of aromatic amines is 1. The Morgan fingerprint density at radius 3 is 2.82 bits per heavy atom. The predicted octanol–water partition coefficient (Wildman–Crippen LogP) is -1.19. The van der Waals surface area contributed by atoms with Crippen LogP contribution in [0.25, 0.3) is 0 Å². The normalized spacial score (nSPS) is 17.2. The van der Waals surface area contributed by atoms with Crippen LogP contribution < -0.4 is 5.32 Å². The highest BCUT2D eigenvalue weighted by Gasteiger charge is 2.23. The van der Waals surface area contributed by atoms with Gasteiger partial charge in [-0.25, -0.2) is 17.5 Å². The molecule has 0 atom stereocenters. The van der Waals surface area contributed by atoms with Gasteiger partial charge in [-0.3, -0.25) is 0 Å². The number of hydrogen-bond donors (Lipinski definition) is 2. The summed E-state index contributed by atoms with van der Waals surface area (Å²) in [6, 6.07) is -0.163. The number of H-pyrrole nitrogens is 1. The first kappa shape index (κ1) is 16.6. The maximum atomic E-state index is 12.1. The van der Waals surface area contributed by atoms with Crippen molar-refractivity contribution in [1.82, 2.24) is 35.1 Å². The summed E-state index contributed by atoms with van der Waals surface area (Å²) in [6.07, 6.45) is 3.19. The molecule has 10 nitrogen and oxygen atoms in total. The van der Waals surface area contributed by atoms with Crippen LogP contribution in [0.1, 0.15) is 18.7 Å². The Balaban J connectivity index is 1.71. The van der Waals surface area contributed by atoms with Crippen molar-refractivity contribution in [2.45, 2.75) is 19.3 Å². The fourth-order valence-electron chi connectivity index (χ4n) is 2.27. The first-order valence-corrected chi connectivity index (χ1v) is 9.02. The van der Waals surface area contributed by atoms with Crippen LogP contribution in [0.4, 0.5) is 4.79 Å². The molecule has 1 saturated heterocycles. The lowest BCUT2D eigenvalue weighted by atomic mass is 10.3. The molecular formula is C11H21N7O3S. The summed E-state index contributed by atoms with van der Waals surface area (Å²) in [4.78, 5) is 13.7. The van der Waals surface area contributed by atoms with Crippen molar-refractivity contribution in [2.75, 3.05) is 39.0 Å². The van der Waals surface area contributed by atoms with Crippen LogP contribution in [0.2, 0.25) is 0 Å². The number of tetrazole rings is 1. The Bertz CT molecular complexity index is 575. The predicted molar refractivity (Wildman–Crippen MR) is 78.5 cm³/mol. The van der Waals surface area contributed by atoms with E-state index in [-0.39, 0.29) is 6.03 Å². The number of carbonyl (C=O) groups excluding carboxylic acids is 1. The fourth-order valence-corrected chi connectivity index (χ4v) is 3.14. The third-order valence-electron chi connectivity index (χ3n) is 3.45. The summed E-state index contributed by atoms with van der Waals surface area (Å²) in [7, 11) is -3.19. The summed E-state index contributed by atoms with van der Waals surface area (Å²) in [5.74, 6) is 0.618. The van der Waals surface area contributed by atoms with E-state index in [1.165, 1.54) is 10.6 Å². The van der Waals surface area contributed by atoms with E-state index in [1.54, 1.807) is 4.90 Å². The van der Waals surface area contributed by atoms with E-state index in [9.17, 15) is 13.2 Å². The van der Waals surface area contributed by atoms with E-state index in [1.807, 2.05) is 0 Å². The summed E-state index contributed by atoms with van der Waals surface area (Å²) >= 11 is 0. The molecule has 0 radical (unpaired) electrons. The Hall–Kier alpha value is -1.75. The smallest absolute Gasteiger partial charge is 0.317 e. The highest BCUT2D eigenvalue weighted by atomic mass is 32.2. The van der Waals surface area contributed by atoms with Gasteiger partial charge in [0.15, 0.2) is 5.82 Å². The minimum atomic E-state index is -3.19. The van der Waals surface area contributed by atoms with Crippen molar-refractivity contribution in [3.05, 3.63) is 5.82 Å². The molecule has 1 aromatic heterocycles. The first-order valence-electron chi connectivity index (χ1n) is 7.17. The molecule has 0 bridgehead atoms. The molecule has 1 aromatic rings. The Labute approximate surface area is 129 Å². The molecule has 0 saturated carbocycles. The standard InChI is InChI=1S/C11H21N7O3S/c1-22(20,21)18-7-3-6-17(8-9-18)11(19)12-5-2-4-10-13-15-16-14-10/h2-9H2,1H3,(H,12,19)(H,13,14,15,16). The monoisotopic (exact) mass is 331 g/mol. The van der Waals surface area contributed by atoms with E-state index in [0.717, 1.165) is 0 Å². The maximum Gasteiger partial charge on any atom is 0.317 e. The van der Waals surface area contributed by atoms with Gasteiger partial charge in [0.2, 0.25) is 10.0 Å². The average Bonchev–Trinajstić information content (AvgIpc) is 2.83. The molecule has 0 unspecified atom stereocenters. The molecule has 11 heteroatoms. The van der Waals surface area contributed by atoms with E-state index in [0.29, 0.717) is 57.8 Å². The second kappa shape index (κ2) is 7.49. The van der Waals surface area contributed by atoms with Crippen LogP contribution in [0.5, 0.6) is 0 Å². The SMILES string of the molecule is CS(=O)(=O)N1CCCN(C(=O)NCCCc2nn[nH]n2)CC1. The number of hydrogen-bond acceptors (Lipinski definition) is 6. The zero-order valence-corrected chi connectivity index (χ0v) is 13.3. The number of nitrogens with zero attached hydrogens (tertiary/aromatic N) is 5. The van der Waals surface area contributed by atoms with E-state index in [4.69, 9.17) is 0 Å². The van der Waals surface area contributed by atoms with E-state index < -0.39 is 10.0 Å². The van der Waals surface area contributed by atoms with Gasteiger partial charge in [0.05, 0.1) is 6.26 Å². The molecule has 1 fully saturated rings. The zero-order valence-electron chi connectivity index (χ0n) is 12.5. The molecule has 0 spiro atoms. The molecule has 0 aliphatic carbocycles. The minimum absolute atomic E-state index is 0.163. The molecule has 1 aliphatic heterocycles. The van der Waals surface area contributed by atoms with Crippen molar-refractivity contribution < 1.29 is 13.2 Å². The Morgan fingerprint density at radius 1 is 1.32 bits per heavy atom. The van der Waals surface area contributed by atoms with Gasteiger partial charge < -0.3 is 10.2 Å². The molecule has 2 N–H and O–H groups in total. The molecule has 2 rings (SSSR count). The molecule has 2 heterocycles. The lowest BCUT2D eigenvalue weighted by Crippen LogP contribution is -2.42. The van der Waals surface area contributed by atoms with Crippen molar-refractivity contribution >= 4 is 16.1 Å². The third-order valence-corrected chi connectivity index (χ3v) is 4.76. The van der Waals surface area contributed by atoms with Crippen LogP contribution in [0, 0.1) is 0 Å². The lowest BCUT2D eigenvalue weighted by Gasteiger charge is -2.21. The van der Waals surface area contributed by atoms with E-state index >= 15 is 0 Å². The zero-order chi connectivity index (χ0) is 16.0. The van der Waals surface area contributed by atoms with Crippen molar-refractivity contribution in [2.24, 2.45) is 0 Å². The summed E-state index contributed by atoms with van der Waals surface area (Å²) in [5.41, 5.74) is 0. The Morgan fingerprint density at radius 2 is 2.14 bits per heavy atom. The number of aromatic nitrogens is 4. The molecule has 22 heavy (non-hydrogen) atoms. The molecule has 1 aliphatic rings. The van der Waals surface area contributed by atoms with Crippen LogP contribution >= 0.6 is 0 Å². The first-order chi connectivity index (χ1) is 10.5. The van der Waals surface area contributed by atoms with Crippen LogP contribution in [0.15, 0.2) is 0 Å². The molecular weight excluding hydrogens is 310 g/mol. The highest BCUT2D eigenvalue weighted by molar-refractivity contribution is 7.88. The number of urea groups is 1. The van der Waals surface area contributed by atoms with Crippen molar-refractivity contribution in [3.8, 4) is 0 Å². The van der Waals surface area contributed by atoms with Crippen LogP contribution in [0.3, 0.4) is 0 Å². The van der Waals surface area contributed by atoms with Crippen LogP contribution in [-0.2, 0) is 16.4 Å². The summed E-state index contributed by atoms with van der Waals surface area (Å²) in [6.45, 7) is 2.28. The number of nitrogens with one attached hydrogen (secondary N) is 2. The molecule has 124 valence electrons. The highest BCUT2D eigenvalue weighted by Crippen LogP contribution is 2.07. The fraction of sp³-hybridized carbons (Fsp3) is 0.818. The van der Waals surface area contributed by atoms with E-state index in [2.05, 4.69) is 25.9 Å². The number of aryl methyl sites for hydroxylation is 1. The van der Waals surface area contributed by atoms with Gasteiger partial charge in [-0.15, -0.1) is 10.2 Å². The van der Waals surface area contributed by atoms with Gasteiger partial charge in [0.25, 0.3) is 0 Å². The van der Waals surface area contributed by atoms with Gasteiger partial charge in [0.1, 0.15) is 0 Å². The third kappa shape index (κ3) is 4.91. The van der Waals surface area contributed by atoms with Gasteiger partial charge in [-0.1, -0.05) is 5.21 Å². The molecule has 2 amide bonds. The van der Waals surface area contributed by atoms with Crippen molar-refractivity contribution in [3.63, 3.8) is 0 Å². The number of amides is 2. The minimum Gasteiger partial charge on any atom is -0.338 e. The maximum absolute atomic E-state index is 12.1. The van der Waals surface area contributed by atoms with Gasteiger partial charge in [-0.2, -0.15) is 5.21 Å². The van der Waals surface area contributed by atoms with Gasteiger partial charge in [0, 0.05) is 39.1 Å². The van der Waals surface area contributed by atoms with Crippen molar-refractivity contribution in [1.29, 1.82) is 0 Å². The lowest BCUT2D eigenvalue weighted by molar-refractivity contribution is 0.200. The number of carbonyl (C=O) groups is 1. The summed E-state index contributed by atoms with van der Waals surface area (Å²) < 4.78 is 24.5. The summed E-state index contributed by atoms with van der Waals surface area (Å²) in [5, 5.41) is 16.3. The van der Waals surface area contributed by atoms with Gasteiger partial charge >= 0.3 is 6.03 Å². The number of rotatable bonds is 5. The quantitative estimate of drug-likeness (QED) is 0.654. The number of sulfonamides is 1. The topological polar surface area (TPSA) is 124 Å². The van der Waals surface area contributed by atoms with Crippen LogP contribution in [-0.4, -0.2) is 83.3 Å².